The van der Waals surface area contributed by atoms with Gasteiger partial charge in [-0.3, -0.25) is 9.69 Å². The number of aliphatic hydroxyl groups is 1. The minimum absolute atomic E-state index is 0.00179. The van der Waals surface area contributed by atoms with Gasteiger partial charge in [0.15, 0.2) is 0 Å². The molecular formula is C12H26N2O3. The van der Waals surface area contributed by atoms with Crippen LogP contribution in [0.5, 0.6) is 0 Å². The Morgan fingerprint density at radius 1 is 1.53 bits per heavy atom. The van der Waals surface area contributed by atoms with Crippen LogP contribution < -0.4 is 5.32 Å². The highest BCUT2D eigenvalue weighted by Gasteiger charge is 2.12. The van der Waals surface area contributed by atoms with Gasteiger partial charge in [0, 0.05) is 19.7 Å². The van der Waals surface area contributed by atoms with Crippen molar-refractivity contribution in [3.8, 4) is 0 Å². The number of aliphatic hydroxyl groups excluding tert-OH is 1. The Hall–Kier alpha value is -0.650. The molecule has 0 radical (unpaired) electrons. The van der Waals surface area contributed by atoms with Gasteiger partial charge >= 0.3 is 0 Å². The van der Waals surface area contributed by atoms with Crippen molar-refractivity contribution in [1.82, 2.24) is 10.2 Å². The normalized spacial score (nSPS) is 14.7. The lowest BCUT2D eigenvalue weighted by molar-refractivity contribution is -0.122. The van der Waals surface area contributed by atoms with E-state index < -0.39 is 6.10 Å². The zero-order valence-electron chi connectivity index (χ0n) is 11.4. The second kappa shape index (κ2) is 9.39. The molecule has 5 nitrogen and oxygen atoms in total. The van der Waals surface area contributed by atoms with Gasteiger partial charge in [0.2, 0.25) is 5.91 Å². The lowest BCUT2D eigenvalue weighted by Crippen LogP contribution is -2.42. The second-order valence-electron chi connectivity index (χ2n) is 4.56. The van der Waals surface area contributed by atoms with Crippen LogP contribution in [0.1, 0.15) is 26.7 Å². The van der Waals surface area contributed by atoms with E-state index in [0.717, 1.165) is 12.8 Å². The van der Waals surface area contributed by atoms with E-state index in [4.69, 9.17) is 4.74 Å². The molecule has 0 fully saturated rings. The van der Waals surface area contributed by atoms with E-state index in [1.807, 2.05) is 14.0 Å². The number of carbonyl (C=O) groups is 1. The summed E-state index contributed by atoms with van der Waals surface area (Å²) in [5.74, 6) is -0.00179. The molecular weight excluding hydrogens is 220 g/mol. The molecule has 17 heavy (non-hydrogen) atoms. The van der Waals surface area contributed by atoms with Crippen molar-refractivity contribution in [3.05, 3.63) is 0 Å². The third-order valence-electron chi connectivity index (χ3n) is 2.42. The Balaban J connectivity index is 3.79. The van der Waals surface area contributed by atoms with E-state index in [9.17, 15) is 9.90 Å². The van der Waals surface area contributed by atoms with Crippen LogP contribution in [-0.4, -0.2) is 61.9 Å². The molecule has 1 amide bonds. The number of carbonyl (C=O) groups excluding carboxylic acids is 1. The molecule has 0 heterocycles. The van der Waals surface area contributed by atoms with Crippen molar-refractivity contribution in [2.45, 2.75) is 38.8 Å². The van der Waals surface area contributed by atoms with Crippen LogP contribution in [0, 0.1) is 0 Å². The van der Waals surface area contributed by atoms with Crippen molar-refractivity contribution >= 4 is 5.91 Å². The number of methoxy groups -OCH3 is 1. The van der Waals surface area contributed by atoms with Gasteiger partial charge in [-0.15, -0.1) is 0 Å². The van der Waals surface area contributed by atoms with E-state index in [2.05, 4.69) is 12.2 Å². The molecule has 0 aromatic rings. The van der Waals surface area contributed by atoms with E-state index in [1.165, 1.54) is 0 Å². The highest BCUT2D eigenvalue weighted by atomic mass is 16.5. The van der Waals surface area contributed by atoms with E-state index in [-0.39, 0.29) is 18.6 Å². The number of ether oxygens (including phenoxy) is 1. The molecule has 2 N–H and O–H groups in total. The van der Waals surface area contributed by atoms with Gasteiger partial charge in [0.05, 0.1) is 19.3 Å². The maximum atomic E-state index is 11.6. The average Bonchev–Trinajstić information content (AvgIpc) is 2.16. The Labute approximate surface area is 104 Å². The first-order chi connectivity index (χ1) is 7.99. The number of nitrogens with one attached hydrogen (secondary N) is 1. The van der Waals surface area contributed by atoms with Crippen molar-refractivity contribution in [2.75, 3.05) is 33.9 Å². The van der Waals surface area contributed by atoms with Crippen LogP contribution >= 0.6 is 0 Å². The minimum Gasteiger partial charge on any atom is -0.389 e. The fourth-order valence-corrected chi connectivity index (χ4v) is 1.74. The molecule has 5 heteroatoms. The number of hydrogen-bond acceptors (Lipinski definition) is 4. The summed E-state index contributed by atoms with van der Waals surface area (Å²) in [7, 11) is 3.35. The van der Waals surface area contributed by atoms with Crippen LogP contribution in [-0.2, 0) is 9.53 Å². The molecule has 0 aromatic heterocycles. The Morgan fingerprint density at radius 2 is 2.18 bits per heavy atom. The fraction of sp³-hybridized carbons (Fsp3) is 0.917. The van der Waals surface area contributed by atoms with Crippen LogP contribution in [0.15, 0.2) is 0 Å². The molecule has 0 rings (SSSR count). The summed E-state index contributed by atoms with van der Waals surface area (Å²) in [6, 6.07) is 0.213. The van der Waals surface area contributed by atoms with Crippen molar-refractivity contribution in [3.63, 3.8) is 0 Å². The minimum atomic E-state index is -0.550. The summed E-state index contributed by atoms with van der Waals surface area (Å²) in [6.07, 6.45) is 1.50. The summed E-state index contributed by atoms with van der Waals surface area (Å²) < 4.78 is 4.83. The van der Waals surface area contributed by atoms with Crippen LogP contribution in [0.25, 0.3) is 0 Å². The van der Waals surface area contributed by atoms with Gasteiger partial charge in [-0.05, 0) is 20.4 Å². The predicted molar refractivity (Wildman–Crippen MR) is 67.9 cm³/mol. The van der Waals surface area contributed by atoms with E-state index in [1.54, 1.807) is 12.0 Å². The Morgan fingerprint density at radius 3 is 2.71 bits per heavy atom. The largest absolute Gasteiger partial charge is 0.389 e. The smallest absolute Gasteiger partial charge is 0.234 e. The van der Waals surface area contributed by atoms with Crippen molar-refractivity contribution < 1.29 is 14.6 Å². The molecule has 0 aromatic carbocycles. The number of amides is 1. The fourth-order valence-electron chi connectivity index (χ4n) is 1.74. The SMILES string of the molecule is CCCC(C)NC(=O)CN(C)CC(O)COC. The maximum Gasteiger partial charge on any atom is 0.234 e. The van der Waals surface area contributed by atoms with E-state index >= 15 is 0 Å². The number of rotatable bonds is 9. The molecule has 102 valence electrons. The molecule has 0 saturated carbocycles. The van der Waals surface area contributed by atoms with E-state index in [0.29, 0.717) is 13.1 Å². The zero-order valence-corrected chi connectivity index (χ0v) is 11.4. The zero-order chi connectivity index (χ0) is 13.3. The third-order valence-corrected chi connectivity index (χ3v) is 2.42. The molecule has 0 saturated heterocycles. The summed E-state index contributed by atoms with van der Waals surface area (Å²) in [6.45, 7) is 5.12. The highest BCUT2D eigenvalue weighted by molar-refractivity contribution is 5.78. The molecule has 0 aliphatic rings. The van der Waals surface area contributed by atoms with Crippen molar-refractivity contribution in [1.29, 1.82) is 0 Å². The van der Waals surface area contributed by atoms with Gasteiger partial charge in [-0.2, -0.15) is 0 Å². The molecule has 0 spiro atoms. The summed E-state index contributed by atoms with van der Waals surface area (Å²) in [5.41, 5.74) is 0. The predicted octanol–water partition coefficient (Wildman–Crippen LogP) is 0.230. The molecule has 2 atom stereocenters. The van der Waals surface area contributed by atoms with Crippen LogP contribution in [0.4, 0.5) is 0 Å². The van der Waals surface area contributed by atoms with Gasteiger partial charge in [-0.25, -0.2) is 0 Å². The van der Waals surface area contributed by atoms with Crippen LogP contribution in [0.3, 0.4) is 0 Å². The maximum absolute atomic E-state index is 11.6. The van der Waals surface area contributed by atoms with Gasteiger partial charge < -0.3 is 15.2 Å². The summed E-state index contributed by atoms with van der Waals surface area (Å²) in [5, 5.41) is 12.4. The van der Waals surface area contributed by atoms with Gasteiger partial charge in [0.1, 0.15) is 0 Å². The molecule has 0 aliphatic carbocycles. The number of hydrogen-bond donors (Lipinski definition) is 2. The first-order valence-corrected chi connectivity index (χ1v) is 6.14. The molecule has 2 unspecified atom stereocenters. The highest BCUT2D eigenvalue weighted by Crippen LogP contribution is 1.95. The van der Waals surface area contributed by atoms with Gasteiger partial charge in [0.25, 0.3) is 0 Å². The number of nitrogens with zero attached hydrogens (tertiary/aromatic N) is 1. The second-order valence-corrected chi connectivity index (χ2v) is 4.56. The quantitative estimate of drug-likeness (QED) is 0.611. The summed E-state index contributed by atoms with van der Waals surface area (Å²) >= 11 is 0. The van der Waals surface area contributed by atoms with Crippen LogP contribution in [0.2, 0.25) is 0 Å². The third kappa shape index (κ3) is 9.09. The average molecular weight is 246 g/mol. The topological polar surface area (TPSA) is 61.8 Å². The lowest BCUT2D eigenvalue weighted by Gasteiger charge is -2.21. The summed E-state index contributed by atoms with van der Waals surface area (Å²) in [4.78, 5) is 13.4. The monoisotopic (exact) mass is 246 g/mol. The molecule has 0 bridgehead atoms. The Bertz CT molecular complexity index is 212. The number of likely N-dealkylation sites (N-methyl/N-ethyl adjacent to an activating group) is 1. The lowest BCUT2D eigenvalue weighted by atomic mass is 10.2. The Kier molecular flexibility index (Phi) is 9.03. The standard InChI is InChI=1S/C12H26N2O3/c1-5-6-10(2)13-12(16)8-14(3)7-11(15)9-17-4/h10-11,15H,5-9H2,1-4H3,(H,13,16). The van der Waals surface area contributed by atoms with Crippen molar-refractivity contribution in [2.24, 2.45) is 0 Å². The first kappa shape index (κ1) is 16.4. The first-order valence-electron chi connectivity index (χ1n) is 6.14. The van der Waals surface area contributed by atoms with Gasteiger partial charge in [-0.1, -0.05) is 13.3 Å². The molecule has 0 aliphatic heterocycles.